The van der Waals surface area contributed by atoms with Gasteiger partial charge in [0.25, 0.3) is 5.91 Å². The van der Waals surface area contributed by atoms with Gasteiger partial charge in [0.15, 0.2) is 0 Å². The number of amides is 1. The van der Waals surface area contributed by atoms with Crippen LogP contribution < -0.4 is 10.0 Å². The molecule has 0 aromatic heterocycles. The van der Waals surface area contributed by atoms with Gasteiger partial charge in [0, 0.05) is 17.3 Å². The van der Waals surface area contributed by atoms with Gasteiger partial charge < -0.3 is 5.32 Å². The molecule has 0 saturated heterocycles. The van der Waals surface area contributed by atoms with Crippen molar-refractivity contribution in [3.8, 4) is 0 Å². The molecule has 0 aliphatic rings. The second kappa shape index (κ2) is 7.33. The summed E-state index contributed by atoms with van der Waals surface area (Å²) in [5, 5.41) is 2.67. The van der Waals surface area contributed by atoms with Crippen LogP contribution in [0.2, 0.25) is 0 Å². The van der Waals surface area contributed by atoms with Gasteiger partial charge in [-0.05, 0) is 69.2 Å². The summed E-state index contributed by atoms with van der Waals surface area (Å²) in [7, 11) is -3.69. The first-order valence-corrected chi connectivity index (χ1v) is 9.29. The van der Waals surface area contributed by atoms with Gasteiger partial charge in [0.1, 0.15) is 5.82 Å². The molecule has 2 N–H and O–H groups in total. The minimum absolute atomic E-state index is 0.0142. The van der Waals surface area contributed by atoms with Gasteiger partial charge >= 0.3 is 0 Å². The first-order chi connectivity index (χ1) is 11.6. The third kappa shape index (κ3) is 4.64. The van der Waals surface area contributed by atoms with E-state index >= 15 is 0 Å². The number of hydrogen-bond acceptors (Lipinski definition) is 3. The summed E-state index contributed by atoms with van der Waals surface area (Å²) in [5.41, 5.74) is 1.50. The van der Waals surface area contributed by atoms with Crippen LogP contribution in [0.1, 0.15) is 35.3 Å². The zero-order valence-electron chi connectivity index (χ0n) is 14.6. The van der Waals surface area contributed by atoms with Crippen LogP contribution in [0.5, 0.6) is 0 Å². The summed E-state index contributed by atoms with van der Waals surface area (Å²) in [6, 6.07) is 8.56. The quantitative estimate of drug-likeness (QED) is 0.854. The SMILES string of the molecule is Cc1cc(NC(=O)c2cccc(S(=O)(=O)NC(C)C)c2)cc(C)c1F. The monoisotopic (exact) mass is 364 g/mol. The molecule has 2 aromatic carbocycles. The second-order valence-corrected chi connectivity index (χ2v) is 7.90. The highest BCUT2D eigenvalue weighted by molar-refractivity contribution is 7.89. The molecule has 0 aliphatic carbocycles. The lowest BCUT2D eigenvalue weighted by atomic mass is 10.1. The predicted molar refractivity (Wildman–Crippen MR) is 95.7 cm³/mol. The van der Waals surface area contributed by atoms with E-state index in [4.69, 9.17) is 0 Å². The van der Waals surface area contributed by atoms with E-state index in [-0.39, 0.29) is 22.3 Å². The molecule has 0 saturated carbocycles. The van der Waals surface area contributed by atoms with Crippen molar-refractivity contribution in [2.24, 2.45) is 0 Å². The van der Waals surface area contributed by atoms with E-state index in [1.165, 1.54) is 36.4 Å². The van der Waals surface area contributed by atoms with E-state index in [1.54, 1.807) is 27.7 Å². The molecule has 2 aromatic rings. The summed E-state index contributed by atoms with van der Waals surface area (Å²) in [6.07, 6.45) is 0. The number of benzene rings is 2. The zero-order chi connectivity index (χ0) is 18.8. The molecule has 7 heteroatoms. The number of carbonyl (C=O) groups is 1. The van der Waals surface area contributed by atoms with Gasteiger partial charge in [-0.25, -0.2) is 17.5 Å². The normalized spacial score (nSPS) is 11.6. The summed E-state index contributed by atoms with van der Waals surface area (Å²) in [6.45, 7) is 6.66. The highest BCUT2D eigenvalue weighted by Gasteiger charge is 2.17. The van der Waals surface area contributed by atoms with Crippen LogP contribution in [0.15, 0.2) is 41.3 Å². The van der Waals surface area contributed by atoms with E-state index in [0.717, 1.165) is 0 Å². The summed E-state index contributed by atoms with van der Waals surface area (Å²) in [5.74, 6) is -0.780. The lowest BCUT2D eigenvalue weighted by Crippen LogP contribution is -2.30. The van der Waals surface area contributed by atoms with Gasteiger partial charge in [0.05, 0.1) is 4.90 Å². The maximum absolute atomic E-state index is 13.7. The number of halogens is 1. The Hall–Kier alpha value is -2.25. The Kier molecular flexibility index (Phi) is 5.59. The molecule has 0 aliphatic heterocycles. The Bertz CT molecular complexity index is 885. The van der Waals surface area contributed by atoms with Gasteiger partial charge in [-0.2, -0.15) is 0 Å². The maximum Gasteiger partial charge on any atom is 0.255 e. The standard InChI is InChI=1S/C18H21FN2O3S/c1-11(2)21-25(23,24)16-7-5-6-14(10-16)18(22)20-15-8-12(3)17(19)13(4)9-15/h5-11,21H,1-4H3,(H,20,22). The van der Waals surface area contributed by atoms with E-state index < -0.39 is 15.9 Å². The molecular formula is C18H21FN2O3S. The Balaban J connectivity index is 2.28. The van der Waals surface area contributed by atoms with E-state index in [0.29, 0.717) is 16.8 Å². The molecule has 0 heterocycles. The van der Waals surface area contributed by atoms with Crippen molar-refractivity contribution < 1.29 is 17.6 Å². The Labute approximate surface area is 147 Å². The number of anilines is 1. The molecule has 0 radical (unpaired) electrons. The third-order valence-electron chi connectivity index (χ3n) is 3.49. The summed E-state index contributed by atoms with van der Waals surface area (Å²) in [4.78, 5) is 12.4. The van der Waals surface area contributed by atoms with Crippen molar-refractivity contribution in [2.45, 2.75) is 38.6 Å². The second-order valence-electron chi connectivity index (χ2n) is 6.18. The maximum atomic E-state index is 13.7. The van der Waals surface area contributed by atoms with Crippen molar-refractivity contribution in [3.63, 3.8) is 0 Å². The van der Waals surface area contributed by atoms with Gasteiger partial charge in [-0.1, -0.05) is 6.07 Å². The van der Waals surface area contributed by atoms with Crippen molar-refractivity contribution in [2.75, 3.05) is 5.32 Å². The summed E-state index contributed by atoms with van der Waals surface area (Å²) < 4.78 is 40.6. The molecular weight excluding hydrogens is 343 g/mol. The van der Waals surface area contributed by atoms with Crippen LogP contribution in [0.4, 0.5) is 10.1 Å². The molecule has 2 rings (SSSR count). The zero-order valence-corrected chi connectivity index (χ0v) is 15.4. The van der Waals surface area contributed by atoms with Crippen molar-refractivity contribution in [1.82, 2.24) is 4.72 Å². The van der Waals surface area contributed by atoms with Crippen LogP contribution in [-0.4, -0.2) is 20.4 Å². The summed E-state index contributed by atoms with van der Waals surface area (Å²) >= 11 is 0. The molecule has 134 valence electrons. The Morgan fingerprint density at radius 2 is 1.68 bits per heavy atom. The largest absolute Gasteiger partial charge is 0.322 e. The van der Waals surface area contributed by atoms with Crippen LogP contribution in [0.3, 0.4) is 0 Å². The van der Waals surface area contributed by atoms with E-state index in [1.807, 2.05) is 0 Å². The highest BCUT2D eigenvalue weighted by Crippen LogP contribution is 2.20. The molecule has 0 spiro atoms. The minimum atomic E-state index is -3.69. The van der Waals surface area contributed by atoms with Crippen LogP contribution in [-0.2, 0) is 10.0 Å². The number of sulfonamides is 1. The molecule has 0 fully saturated rings. The third-order valence-corrected chi connectivity index (χ3v) is 5.15. The fourth-order valence-corrected chi connectivity index (χ4v) is 3.70. The lowest BCUT2D eigenvalue weighted by molar-refractivity contribution is 0.102. The average molecular weight is 364 g/mol. The molecule has 1 amide bonds. The number of rotatable bonds is 5. The van der Waals surface area contributed by atoms with Crippen LogP contribution in [0, 0.1) is 19.7 Å². The van der Waals surface area contributed by atoms with Crippen molar-refractivity contribution in [3.05, 3.63) is 58.9 Å². The molecule has 5 nitrogen and oxygen atoms in total. The number of carbonyl (C=O) groups excluding carboxylic acids is 1. The first kappa shape index (κ1) is 19.1. The van der Waals surface area contributed by atoms with Crippen molar-refractivity contribution >= 4 is 21.6 Å². The number of aryl methyl sites for hydroxylation is 2. The van der Waals surface area contributed by atoms with Gasteiger partial charge in [-0.15, -0.1) is 0 Å². The van der Waals surface area contributed by atoms with Crippen LogP contribution in [0.25, 0.3) is 0 Å². The number of hydrogen-bond donors (Lipinski definition) is 2. The topological polar surface area (TPSA) is 75.3 Å². The van der Waals surface area contributed by atoms with E-state index in [2.05, 4.69) is 10.0 Å². The Morgan fingerprint density at radius 1 is 1.08 bits per heavy atom. The lowest BCUT2D eigenvalue weighted by Gasteiger charge is -2.11. The average Bonchev–Trinajstić information content (AvgIpc) is 2.51. The first-order valence-electron chi connectivity index (χ1n) is 7.80. The fraction of sp³-hybridized carbons (Fsp3) is 0.278. The van der Waals surface area contributed by atoms with E-state index in [9.17, 15) is 17.6 Å². The van der Waals surface area contributed by atoms with Crippen molar-refractivity contribution in [1.29, 1.82) is 0 Å². The fourth-order valence-electron chi connectivity index (χ4n) is 2.40. The van der Waals surface area contributed by atoms with Crippen LogP contribution >= 0.6 is 0 Å². The molecule has 0 unspecified atom stereocenters. The highest BCUT2D eigenvalue weighted by atomic mass is 32.2. The molecule has 0 atom stereocenters. The van der Waals surface area contributed by atoms with Gasteiger partial charge in [0.2, 0.25) is 10.0 Å². The minimum Gasteiger partial charge on any atom is -0.322 e. The predicted octanol–water partition coefficient (Wildman–Crippen LogP) is 3.38. The smallest absolute Gasteiger partial charge is 0.255 e. The van der Waals surface area contributed by atoms with Gasteiger partial charge in [-0.3, -0.25) is 4.79 Å². The molecule has 0 bridgehead atoms. The number of nitrogens with one attached hydrogen (secondary N) is 2. The molecule has 25 heavy (non-hydrogen) atoms. The Morgan fingerprint density at radius 3 is 2.24 bits per heavy atom.